The molecule has 1 nitrogen and oxygen atoms in total. The molecule has 0 heterocycles. The zero-order chi connectivity index (χ0) is 14.9. The number of hydrogen-bond acceptors (Lipinski definition) is 1. The lowest BCUT2D eigenvalue weighted by Crippen LogP contribution is -2.03. The van der Waals surface area contributed by atoms with E-state index < -0.39 is 22.3 Å². The number of rotatable bonds is 3. The van der Waals surface area contributed by atoms with E-state index in [0.717, 1.165) is 17.7 Å². The van der Waals surface area contributed by atoms with Crippen LogP contribution in [-0.4, -0.2) is 7.11 Å². The van der Waals surface area contributed by atoms with E-state index in [1.165, 1.54) is 19.2 Å². The highest BCUT2D eigenvalue weighted by molar-refractivity contribution is 9.09. The van der Waals surface area contributed by atoms with Gasteiger partial charge in [-0.2, -0.15) is 0 Å². The van der Waals surface area contributed by atoms with Gasteiger partial charge in [-0.3, -0.25) is 0 Å². The Morgan fingerprint density at radius 3 is 2.20 bits per heavy atom. The molecule has 106 valence electrons. The summed E-state index contributed by atoms with van der Waals surface area (Å²) in [6.45, 7) is 1.75. The number of alkyl halides is 1. The Morgan fingerprint density at radius 1 is 1.05 bits per heavy atom. The van der Waals surface area contributed by atoms with Gasteiger partial charge in [0, 0.05) is 17.7 Å². The largest absolute Gasteiger partial charge is 0.497 e. The molecule has 0 saturated carbocycles. The van der Waals surface area contributed by atoms with Gasteiger partial charge in [0.15, 0.2) is 0 Å². The van der Waals surface area contributed by atoms with Crippen molar-refractivity contribution in [3.63, 3.8) is 0 Å². The number of hydrogen-bond donors (Lipinski definition) is 0. The maximum Gasteiger partial charge on any atom is 0.134 e. The molecule has 0 radical (unpaired) electrons. The summed E-state index contributed by atoms with van der Waals surface area (Å²) in [7, 11) is 1.33. The molecule has 0 aromatic heterocycles. The van der Waals surface area contributed by atoms with Crippen molar-refractivity contribution in [1.29, 1.82) is 0 Å². The summed E-state index contributed by atoms with van der Waals surface area (Å²) in [5.41, 5.74) is 1.05. The first-order valence-corrected chi connectivity index (χ1v) is 6.78. The second-order valence-corrected chi connectivity index (χ2v) is 5.28. The standard InChI is InChI=1S/C15H12BrF3O/c1-8-3-4-9(17)5-11(8)15(16)14-12(18)6-10(20-2)7-13(14)19/h3-7,15H,1-2H3. The Bertz CT molecular complexity index is 620. The van der Waals surface area contributed by atoms with Gasteiger partial charge >= 0.3 is 0 Å². The molecule has 2 aromatic rings. The van der Waals surface area contributed by atoms with Crippen molar-refractivity contribution in [3.05, 3.63) is 64.5 Å². The summed E-state index contributed by atoms with van der Waals surface area (Å²) in [6.07, 6.45) is 0. The lowest BCUT2D eigenvalue weighted by Gasteiger charge is -2.16. The Morgan fingerprint density at radius 2 is 1.65 bits per heavy atom. The van der Waals surface area contributed by atoms with Gasteiger partial charge < -0.3 is 4.74 Å². The lowest BCUT2D eigenvalue weighted by molar-refractivity contribution is 0.405. The van der Waals surface area contributed by atoms with Crippen molar-refractivity contribution in [2.45, 2.75) is 11.8 Å². The molecule has 1 unspecified atom stereocenters. The van der Waals surface area contributed by atoms with Crippen molar-refractivity contribution >= 4 is 15.9 Å². The number of methoxy groups -OCH3 is 1. The van der Waals surface area contributed by atoms with Crippen LogP contribution in [0.5, 0.6) is 5.75 Å². The maximum absolute atomic E-state index is 14.0. The third-order valence-corrected chi connectivity index (χ3v) is 4.01. The van der Waals surface area contributed by atoms with E-state index in [-0.39, 0.29) is 11.3 Å². The number of benzene rings is 2. The van der Waals surface area contributed by atoms with Gasteiger partial charge in [-0.1, -0.05) is 22.0 Å². The molecular formula is C15H12BrF3O. The van der Waals surface area contributed by atoms with Gasteiger partial charge in [-0.15, -0.1) is 0 Å². The predicted octanol–water partition coefficient (Wildman–Crippen LogP) is 4.91. The molecule has 0 aliphatic rings. The lowest BCUT2D eigenvalue weighted by atomic mass is 9.99. The van der Waals surface area contributed by atoms with E-state index in [2.05, 4.69) is 15.9 Å². The summed E-state index contributed by atoms with van der Waals surface area (Å²) in [5, 5.41) is 0. The summed E-state index contributed by atoms with van der Waals surface area (Å²) >= 11 is 3.24. The smallest absolute Gasteiger partial charge is 0.134 e. The van der Waals surface area contributed by atoms with Crippen LogP contribution >= 0.6 is 15.9 Å². The number of halogens is 4. The summed E-state index contributed by atoms with van der Waals surface area (Å²) in [5.74, 6) is -1.84. The maximum atomic E-state index is 14.0. The Hall–Kier alpha value is -1.49. The van der Waals surface area contributed by atoms with Crippen LogP contribution < -0.4 is 4.74 Å². The quantitative estimate of drug-likeness (QED) is 0.719. The molecule has 0 spiro atoms. The highest BCUT2D eigenvalue weighted by atomic mass is 79.9. The van der Waals surface area contributed by atoms with Gasteiger partial charge in [0.2, 0.25) is 0 Å². The molecule has 0 N–H and O–H groups in total. The van der Waals surface area contributed by atoms with Crippen molar-refractivity contribution in [1.82, 2.24) is 0 Å². The van der Waals surface area contributed by atoms with E-state index in [1.54, 1.807) is 13.0 Å². The van der Waals surface area contributed by atoms with E-state index in [1.807, 2.05) is 0 Å². The van der Waals surface area contributed by atoms with Crippen molar-refractivity contribution in [2.75, 3.05) is 7.11 Å². The third kappa shape index (κ3) is 2.82. The van der Waals surface area contributed by atoms with Crippen LogP contribution in [0.2, 0.25) is 0 Å². The van der Waals surface area contributed by atoms with Crippen LogP contribution in [0.25, 0.3) is 0 Å². The fraction of sp³-hybridized carbons (Fsp3) is 0.200. The van der Waals surface area contributed by atoms with Gasteiger partial charge in [0.05, 0.1) is 11.9 Å². The Balaban J connectivity index is 2.53. The first kappa shape index (κ1) is 14.9. The normalized spacial score (nSPS) is 12.3. The second-order valence-electron chi connectivity index (χ2n) is 4.37. The molecule has 0 bridgehead atoms. The molecule has 0 aliphatic heterocycles. The van der Waals surface area contributed by atoms with Crippen LogP contribution in [0.15, 0.2) is 30.3 Å². The molecule has 0 fully saturated rings. The summed E-state index contributed by atoms with van der Waals surface area (Å²) in [6, 6.07) is 6.33. The first-order valence-electron chi connectivity index (χ1n) is 5.87. The fourth-order valence-corrected chi connectivity index (χ4v) is 2.89. The minimum atomic E-state index is -0.774. The van der Waals surface area contributed by atoms with Gasteiger partial charge in [0.1, 0.15) is 23.2 Å². The highest BCUT2D eigenvalue weighted by Gasteiger charge is 2.22. The summed E-state index contributed by atoms with van der Waals surface area (Å²) < 4.78 is 46.2. The predicted molar refractivity (Wildman–Crippen MR) is 74.8 cm³/mol. The third-order valence-electron chi connectivity index (χ3n) is 3.06. The zero-order valence-corrected chi connectivity index (χ0v) is 12.5. The van der Waals surface area contributed by atoms with Crippen molar-refractivity contribution < 1.29 is 17.9 Å². The molecule has 0 aliphatic carbocycles. The second kappa shape index (κ2) is 5.87. The highest BCUT2D eigenvalue weighted by Crippen LogP contribution is 2.37. The van der Waals surface area contributed by atoms with Crippen molar-refractivity contribution in [3.8, 4) is 5.75 Å². The van der Waals surface area contributed by atoms with Crippen LogP contribution in [0, 0.1) is 24.4 Å². The van der Waals surface area contributed by atoms with Crippen molar-refractivity contribution in [2.24, 2.45) is 0 Å². The van der Waals surface area contributed by atoms with E-state index in [4.69, 9.17) is 4.74 Å². The van der Waals surface area contributed by atoms with E-state index in [0.29, 0.717) is 5.56 Å². The van der Waals surface area contributed by atoms with E-state index >= 15 is 0 Å². The molecule has 20 heavy (non-hydrogen) atoms. The minimum absolute atomic E-state index is 0.0967. The fourth-order valence-electron chi connectivity index (χ4n) is 1.96. The van der Waals surface area contributed by atoms with Gasteiger partial charge in [-0.05, 0) is 30.2 Å². The molecule has 1 atom stereocenters. The number of aryl methyl sites for hydroxylation is 1. The van der Waals surface area contributed by atoms with Crippen LogP contribution in [0.3, 0.4) is 0 Å². The van der Waals surface area contributed by atoms with E-state index in [9.17, 15) is 13.2 Å². The van der Waals surface area contributed by atoms with Gasteiger partial charge in [-0.25, -0.2) is 13.2 Å². The monoisotopic (exact) mass is 344 g/mol. The van der Waals surface area contributed by atoms with Gasteiger partial charge in [0.25, 0.3) is 0 Å². The molecule has 2 aromatic carbocycles. The van der Waals surface area contributed by atoms with Crippen LogP contribution in [-0.2, 0) is 0 Å². The Labute approximate surface area is 123 Å². The Kier molecular flexibility index (Phi) is 4.38. The minimum Gasteiger partial charge on any atom is -0.497 e. The topological polar surface area (TPSA) is 9.23 Å². The van der Waals surface area contributed by atoms with Crippen LogP contribution in [0.1, 0.15) is 21.5 Å². The molecule has 2 rings (SSSR count). The average molecular weight is 345 g/mol. The molecular weight excluding hydrogens is 333 g/mol. The molecule has 0 saturated heterocycles. The average Bonchev–Trinajstić information content (AvgIpc) is 2.40. The molecule has 0 amide bonds. The zero-order valence-electron chi connectivity index (χ0n) is 10.9. The van der Waals surface area contributed by atoms with Crippen LogP contribution in [0.4, 0.5) is 13.2 Å². The first-order chi connectivity index (χ1) is 9.43. The molecule has 5 heteroatoms. The SMILES string of the molecule is COc1cc(F)c(C(Br)c2cc(F)ccc2C)c(F)c1. The number of ether oxygens (including phenoxy) is 1. The summed E-state index contributed by atoms with van der Waals surface area (Å²) in [4.78, 5) is -0.774.